The predicted molar refractivity (Wildman–Crippen MR) is 119 cm³/mol. The van der Waals surface area contributed by atoms with Crippen LogP contribution in [0.2, 0.25) is 5.02 Å². The van der Waals surface area contributed by atoms with Gasteiger partial charge in [-0.3, -0.25) is 0 Å². The van der Waals surface area contributed by atoms with E-state index >= 15 is 0 Å². The van der Waals surface area contributed by atoms with E-state index < -0.39 is 0 Å². The number of aromatic nitrogens is 2. The molecule has 1 heterocycles. The van der Waals surface area contributed by atoms with E-state index in [9.17, 15) is 0 Å². The number of aliphatic imine (C=N–C) groups is 1. The number of ether oxygens (including phenoxy) is 1. The highest BCUT2D eigenvalue weighted by Gasteiger charge is 2.06. The van der Waals surface area contributed by atoms with E-state index in [0.29, 0.717) is 40.1 Å². The summed E-state index contributed by atoms with van der Waals surface area (Å²) in [7, 11) is 0. The molecule has 150 valence electrons. The molecule has 0 atom stereocenters. The number of nitrogens with zero attached hydrogens (tertiary/aromatic N) is 3. The number of rotatable bonds is 7. The summed E-state index contributed by atoms with van der Waals surface area (Å²) in [5.41, 5.74) is 9.98. The summed E-state index contributed by atoms with van der Waals surface area (Å²) in [6, 6.07) is 16.3. The Labute approximate surface area is 177 Å². The van der Waals surface area contributed by atoms with Crippen LogP contribution in [-0.4, -0.2) is 28.7 Å². The molecule has 3 rings (SSSR count). The molecular formula is C19H20ClN7OS. The maximum Gasteiger partial charge on any atom is 0.225 e. The fraction of sp³-hybridized carbons (Fsp3) is 0.105. The summed E-state index contributed by atoms with van der Waals surface area (Å²) >= 11 is 7.51. The normalized spacial score (nSPS) is 11.2. The number of hydrazine groups is 1. The van der Waals surface area contributed by atoms with Crippen LogP contribution in [0, 0.1) is 0 Å². The molecule has 10 heteroatoms. The van der Waals surface area contributed by atoms with Crippen LogP contribution in [0.25, 0.3) is 0 Å². The number of nitrogen functional groups attached to an aromatic ring is 1. The van der Waals surface area contributed by atoms with Crippen LogP contribution in [0.4, 0.5) is 11.5 Å². The average Bonchev–Trinajstić information content (AvgIpc) is 2.73. The van der Waals surface area contributed by atoms with Crippen LogP contribution in [0.15, 0.2) is 64.7 Å². The van der Waals surface area contributed by atoms with E-state index in [4.69, 9.17) is 27.9 Å². The van der Waals surface area contributed by atoms with Crippen molar-refractivity contribution in [3.05, 3.63) is 65.2 Å². The second-order valence-electron chi connectivity index (χ2n) is 5.71. The third-order valence-corrected chi connectivity index (χ3v) is 4.63. The highest BCUT2D eigenvalue weighted by molar-refractivity contribution is 7.98. The molecule has 0 aliphatic carbocycles. The van der Waals surface area contributed by atoms with Gasteiger partial charge in [0.05, 0.1) is 10.7 Å². The Kier molecular flexibility index (Phi) is 7.12. The molecule has 3 aromatic rings. The molecule has 0 spiro atoms. The maximum absolute atomic E-state index is 6.12. The molecule has 0 radical (unpaired) electrons. The summed E-state index contributed by atoms with van der Waals surface area (Å²) in [4.78, 5) is 12.8. The summed E-state index contributed by atoms with van der Waals surface area (Å²) in [6.07, 6.45) is 1.87. The Morgan fingerprint density at radius 1 is 1.17 bits per heavy atom. The average molecular weight is 430 g/mol. The van der Waals surface area contributed by atoms with E-state index in [1.54, 1.807) is 18.2 Å². The van der Waals surface area contributed by atoms with Crippen molar-refractivity contribution in [1.29, 1.82) is 0 Å². The quantitative estimate of drug-likeness (QED) is 0.112. The van der Waals surface area contributed by atoms with Crippen molar-refractivity contribution in [1.82, 2.24) is 15.4 Å². The highest BCUT2D eigenvalue weighted by atomic mass is 35.5. The molecule has 0 saturated carbocycles. The molecule has 1 aromatic heterocycles. The van der Waals surface area contributed by atoms with Crippen molar-refractivity contribution in [3.63, 3.8) is 0 Å². The molecule has 0 fully saturated rings. The SMILES string of the molecule is CSc1nc(N)cc(Oc2ccc(C(=NCNc3ccccc3Cl)NN)cc2)n1. The van der Waals surface area contributed by atoms with Crippen LogP contribution in [0.1, 0.15) is 5.56 Å². The number of nitrogens with two attached hydrogens (primary N) is 2. The predicted octanol–water partition coefficient (Wildman–Crippen LogP) is 3.51. The lowest BCUT2D eigenvalue weighted by Gasteiger charge is -2.10. The van der Waals surface area contributed by atoms with Crippen molar-refractivity contribution in [2.45, 2.75) is 5.16 Å². The second kappa shape index (κ2) is 9.97. The standard InChI is InChI=1S/C19H20ClN7OS/c1-29-19-25-16(21)10-17(26-19)28-13-8-6-12(7-9-13)18(27-22)24-11-23-15-5-3-2-4-14(15)20/h2-10,23H,11,22H2,1H3,(H,24,27)(H2,21,25,26). The largest absolute Gasteiger partial charge is 0.439 e. The molecule has 0 aliphatic rings. The van der Waals surface area contributed by atoms with Crippen molar-refractivity contribution in [2.75, 3.05) is 24.0 Å². The lowest BCUT2D eigenvalue weighted by molar-refractivity contribution is 0.456. The van der Waals surface area contributed by atoms with Gasteiger partial charge in [-0.15, -0.1) is 0 Å². The number of hydrogen-bond acceptors (Lipinski definition) is 8. The summed E-state index contributed by atoms with van der Waals surface area (Å²) in [5.74, 6) is 7.48. The van der Waals surface area contributed by atoms with Gasteiger partial charge in [0.15, 0.2) is 5.16 Å². The summed E-state index contributed by atoms with van der Waals surface area (Å²) < 4.78 is 5.76. The highest BCUT2D eigenvalue weighted by Crippen LogP contribution is 2.24. The molecule has 29 heavy (non-hydrogen) atoms. The maximum atomic E-state index is 6.12. The van der Waals surface area contributed by atoms with Gasteiger partial charge in [0.2, 0.25) is 5.88 Å². The fourth-order valence-electron chi connectivity index (χ4n) is 2.39. The number of thioether (sulfide) groups is 1. The Morgan fingerprint density at radius 2 is 1.93 bits per heavy atom. The Morgan fingerprint density at radius 3 is 2.62 bits per heavy atom. The molecule has 0 saturated heterocycles. The van der Waals surface area contributed by atoms with Gasteiger partial charge in [-0.2, -0.15) is 4.98 Å². The van der Waals surface area contributed by atoms with Crippen molar-refractivity contribution >= 4 is 40.7 Å². The van der Waals surface area contributed by atoms with Crippen LogP contribution >= 0.6 is 23.4 Å². The van der Waals surface area contributed by atoms with E-state index in [0.717, 1.165) is 11.3 Å². The van der Waals surface area contributed by atoms with E-state index in [1.165, 1.54) is 11.8 Å². The summed E-state index contributed by atoms with van der Waals surface area (Å²) in [5, 5.41) is 4.31. The lowest BCUT2D eigenvalue weighted by Crippen LogP contribution is -2.31. The van der Waals surface area contributed by atoms with Crippen molar-refractivity contribution in [2.24, 2.45) is 10.8 Å². The number of para-hydroxylation sites is 1. The third kappa shape index (κ3) is 5.74. The first kappa shape index (κ1) is 20.7. The molecule has 8 nitrogen and oxygen atoms in total. The topological polar surface area (TPSA) is 123 Å². The first-order valence-electron chi connectivity index (χ1n) is 8.55. The first-order chi connectivity index (χ1) is 14.1. The van der Waals surface area contributed by atoms with Gasteiger partial charge >= 0.3 is 0 Å². The number of amidine groups is 1. The Hall–Kier alpha value is -3.01. The summed E-state index contributed by atoms with van der Waals surface area (Å²) in [6.45, 7) is 0.305. The van der Waals surface area contributed by atoms with Crippen molar-refractivity contribution < 1.29 is 4.74 Å². The Balaban J connectivity index is 1.67. The zero-order valence-corrected chi connectivity index (χ0v) is 17.2. The molecule has 2 aromatic carbocycles. The van der Waals surface area contributed by atoms with Crippen molar-refractivity contribution in [3.8, 4) is 11.6 Å². The lowest BCUT2D eigenvalue weighted by atomic mass is 10.2. The number of hydrogen-bond donors (Lipinski definition) is 4. The zero-order chi connectivity index (χ0) is 20.6. The van der Waals surface area contributed by atoms with Gasteiger partial charge in [0.25, 0.3) is 0 Å². The molecule has 0 amide bonds. The first-order valence-corrected chi connectivity index (χ1v) is 10.2. The van der Waals surface area contributed by atoms with E-state index in [2.05, 4.69) is 25.7 Å². The van der Waals surface area contributed by atoms with E-state index in [1.807, 2.05) is 42.7 Å². The van der Waals surface area contributed by atoms with E-state index in [-0.39, 0.29) is 0 Å². The smallest absolute Gasteiger partial charge is 0.225 e. The molecule has 0 unspecified atom stereocenters. The monoisotopic (exact) mass is 429 g/mol. The van der Waals surface area contributed by atoms with Crippen LogP contribution in [-0.2, 0) is 0 Å². The minimum atomic E-state index is 0.305. The molecule has 0 aliphatic heterocycles. The zero-order valence-electron chi connectivity index (χ0n) is 15.6. The number of halogens is 1. The Bertz CT molecular complexity index is 998. The van der Waals surface area contributed by atoms with Gasteiger partial charge in [-0.25, -0.2) is 15.8 Å². The van der Waals surface area contributed by atoms with Gasteiger partial charge in [-0.05, 0) is 42.7 Å². The van der Waals surface area contributed by atoms with Gasteiger partial charge < -0.3 is 21.2 Å². The number of nitrogens with one attached hydrogen (secondary N) is 2. The fourth-order valence-corrected chi connectivity index (χ4v) is 2.98. The minimum absolute atomic E-state index is 0.305. The molecule has 6 N–H and O–H groups in total. The van der Waals surface area contributed by atoms with Crippen LogP contribution in [0.5, 0.6) is 11.6 Å². The van der Waals surface area contributed by atoms with Gasteiger partial charge in [0, 0.05) is 11.6 Å². The van der Waals surface area contributed by atoms with Gasteiger partial charge in [-0.1, -0.05) is 35.5 Å². The van der Waals surface area contributed by atoms with Crippen LogP contribution in [0.3, 0.4) is 0 Å². The third-order valence-electron chi connectivity index (χ3n) is 3.75. The number of anilines is 2. The molecular weight excluding hydrogens is 410 g/mol. The second-order valence-corrected chi connectivity index (χ2v) is 6.89. The minimum Gasteiger partial charge on any atom is -0.439 e. The molecule has 0 bridgehead atoms. The van der Waals surface area contributed by atoms with Crippen LogP contribution < -0.4 is 27.1 Å². The number of benzene rings is 2. The van der Waals surface area contributed by atoms with Gasteiger partial charge in [0.1, 0.15) is 24.1 Å².